The number of aromatic amines is 4. The lowest BCUT2D eigenvalue weighted by Gasteiger charge is -2.28. The molecule has 0 bridgehead atoms. The number of allylic oxidation sites excluding steroid dienone is 1. The molecular formula is C45H77N13O14. The van der Waals surface area contributed by atoms with Crippen molar-refractivity contribution in [2.24, 2.45) is 5.92 Å². The van der Waals surface area contributed by atoms with Crippen molar-refractivity contribution in [3.8, 4) is 5.75 Å². The molecule has 0 radical (unpaired) electrons. The number of methoxy groups -OCH3 is 2. The van der Waals surface area contributed by atoms with Gasteiger partial charge >= 0.3 is 29.0 Å². The van der Waals surface area contributed by atoms with E-state index in [0.29, 0.717) is 42.2 Å². The molecule has 0 aliphatic carbocycles. The number of carboxylic acids is 1. The maximum Gasteiger partial charge on any atom is 0.438 e. The van der Waals surface area contributed by atoms with Gasteiger partial charge in [0.05, 0.1) is 12.0 Å². The number of β-amino-alcohol motifs (C(OH)–C–C–N with tert-alkyl or cyclic N) is 1. The predicted molar refractivity (Wildman–Crippen MR) is 264 cm³/mol. The molecule has 0 spiro atoms. The van der Waals surface area contributed by atoms with Crippen LogP contribution >= 0.6 is 0 Å². The van der Waals surface area contributed by atoms with Crippen LogP contribution in [0.1, 0.15) is 75.4 Å². The van der Waals surface area contributed by atoms with Gasteiger partial charge in [0.2, 0.25) is 11.8 Å². The fourth-order valence-corrected chi connectivity index (χ4v) is 6.12. The first kappa shape index (κ1) is 63.5. The molecular weight excluding hydrogens is 947 g/mol. The maximum atomic E-state index is 10.3. The Balaban J connectivity index is 0.000000413. The van der Waals surface area contributed by atoms with E-state index in [2.05, 4.69) is 108 Å². The molecule has 1 aromatic carbocycles. The SMILES string of the molecule is CC=CNC1CCN(C)CC1.CCc1n[nH]c(=O)o1.CCc1noc(=O)[nH]1.CN1CCC(C(=O)O)C1.CN1CCC(O)C1.CNCCc1ccc(O)cc1.COCc1n[nH]c(=O)o1.COCc1noc(=O)[nH]1. The minimum Gasteiger partial charge on any atom is -0.508 e. The van der Waals surface area contributed by atoms with Crippen LogP contribution in [0.4, 0.5) is 0 Å². The molecule has 406 valence electrons. The maximum absolute atomic E-state index is 10.3. The Morgan fingerprint density at radius 1 is 0.764 bits per heavy atom. The number of aryl methyl sites for hydroxylation is 2. The molecule has 3 fully saturated rings. The normalized spacial score (nSPS) is 16.5. The third kappa shape index (κ3) is 31.0. The molecule has 3 aliphatic heterocycles. The number of aliphatic hydroxyl groups excluding tert-OH is 1. The molecule has 27 nitrogen and oxygen atoms in total. The monoisotopic (exact) mass is 1020 g/mol. The standard InChI is InChI=1S/C9H18N2.C9H13NO.C6H11NO2.C5H11NO.2C4H6N2O3.2C4H6N2O2/c1-3-6-10-9-4-7-11(2)8-5-9;1-10-7-6-8-2-4-9(11)5-3-8;1-7-3-2-5(4-7)6(8)9;1-6-3-2-5(7)4-6;1-8-2-3-5-6-4(7)9-3;1-8-2-3-5-4(7)9-6-3;1-2-3-5-6-4(7)8-3;1-2-3-5-4(7)8-6-3/h3,6,9-10H,4-5,7-8H2,1-2H3;2-5,10-11H,6-7H2,1H3;5H,2-4H2,1H3,(H,8,9);5,7H,2-4H2,1H3;2H2,1H3,(H,6,7);2H2,1H3,(H,5,6,7);2H2,1H3,(H,6,7);2H2,1H3,(H,5,6,7). The van der Waals surface area contributed by atoms with Crippen LogP contribution in [0.2, 0.25) is 0 Å². The second kappa shape index (κ2) is 38.2. The number of phenolic OH excluding ortho intramolecular Hbond substituents is 1. The quantitative estimate of drug-likeness (QED) is 0.0839. The number of aromatic hydroxyl groups is 1. The van der Waals surface area contributed by atoms with Crippen molar-refractivity contribution in [1.29, 1.82) is 0 Å². The van der Waals surface area contributed by atoms with E-state index in [4.69, 9.17) is 15.3 Å². The number of carbonyl (C=O) groups is 1. The van der Waals surface area contributed by atoms with Crippen molar-refractivity contribution in [2.75, 3.05) is 88.2 Å². The summed E-state index contributed by atoms with van der Waals surface area (Å²) >= 11 is 0. The van der Waals surface area contributed by atoms with E-state index in [-0.39, 0.29) is 31.1 Å². The minimum atomic E-state index is -0.653. The molecule has 2 atom stereocenters. The van der Waals surface area contributed by atoms with Crippen LogP contribution in [0.25, 0.3) is 0 Å². The second-order valence-corrected chi connectivity index (χ2v) is 16.2. The van der Waals surface area contributed by atoms with Crippen LogP contribution in [0, 0.1) is 5.92 Å². The van der Waals surface area contributed by atoms with Crippen molar-refractivity contribution in [3.05, 3.63) is 108 Å². The fraction of sp³-hybridized carbons (Fsp3) is 0.622. The number of nitrogens with zero attached hydrogens (tertiary/aromatic N) is 7. The van der Waals surface area contributed by atoms with Crippen LogP contribution in [0.3, 0.4) is 0 Å². The third-order valence-corrected chi connectivity index (χ3v) is 10.0. The van der Waals surface area contributed by atoms with Gasteiger partial charge in [0, 0.05) is 52.7 Å². The number of hydrogen-bond acceptors (Lipinski definition) is 22. The van der Waals surface area contributed by atoms with Crippen molar-refractivity contribution in [2.45, 2.75) is 91.1 Å². The molecule has 5 aromatic rings. The van der Waals surface area contributed by atoms with Gasteiger partial charge in [0.15, 0.2) is 11.6 Å². The van der Waals surface area contributed by atoms with Gasteiger partial charge in [-0.15, -0.1) is 10.2 Å². The lowest BCUT2D eigenvalue weighted by Crippen LogP contribution is -2.38. The highest BCUT2D eigenvalue weighted by Crippen LogP contribution is 2.13. The highest BCUT2D eigenvalue weighted by atomic mass is 16.5. The number of likely N-dealkylation sites (tertiary alicyclic amines) is 3. The van der Waals surface area contributed by atoms with E-state index >= 15 is 0 Å². The zero-order valence-corrected chi connectivity index (χ0v) is 43.0. The first-order valence-electron chi connectivity index (χ1n) is 23.4. The number of hydrogen-bond donors (Lipinski definition) is 9. The number of phenols is 1. The van der Waals surface area contributed by atoms with Gasteiger partial charge in [-0.3, -0.25) is 23.8 Å². The van der Waals surface area contributed by atoms with E-state index in [1.54, 1.807) is 12.1 Å². The summed E-state index contributed by atoms with van der Waals surface area (Å²) in [6, 6.07) is 8.01. The molecule has 4 aromatic heterocycles. The Bertz CT molecular complexity index is 2250. The van der Waals surface area contributed by atoms with Crippen LogP contribution in [-0.4, -0.2) is 177 Å². The van der Waals surface area contributed by atoms with Crippen LogP contribution in [-0.2, 0) is 46.7 Å². The molecule has 72 heavy (non-hydrogen) atoms. The number of aliphatic carboxylic acids is 1. The van der Waals surface area contributed by atoms with Crippen LogP contribution in [0.15, 0.2) is 73.6 Å². The van der Waals surface area contributed by atoms with Gasteiger partial charge in [0.25, 0.3) is 0 Å². The van der Waals surface area contributed by atoms with Crippen molar-refractivity contribution >= 4 is 5.97 Å². The van der Waals surface area contributed by atoms with Crippen molar-refractivity contribution in [3.63, 3.8) is 0 Å². The summed E-state index contributed by atoms with van der Waals surface area (Å²) in [5.74, 6) is -0.796. The van der Waals surface area contributed by atoms with Crippen molar-refractivity contribution < 1.29 is 47.5 Å². The zero-order valence-electron chi connectivity index (χ0n) is 43.0. The first-order valence-corrected chi connectivity index (χ1v) is 23.4. The lowest BCUT2D eigenvalue weighted by atomic mass is 10.1. The topological polar surface area (TPSA) is 366 Å². The van der Waals surface area contributed by atoms with Crippen LogP contribution < -0.4 is 33.7 Å². The Morgan fingerprint density at radius 2 is 1.31 bits per heavy atom. The number of likely N-dealkylation sites (N-methyl/N-ethyl adjacent to an activating group) is 2. The smallest absolute Gasteiger partial charge is 0.438 e. The Morgan fingerprint density at radius 3 is 1.65 bits per heavy atom. The van der Waals surface area contributed by atoms with E-state index in [0.717, 1.165) is 52.0 Å². The van der Waals surface area contributed by atoms with Gasteiger partial charge in [0.1, 0.15) is 19.0 Å². The number of aliphatic hydroxyl groups is 1. The Kier molecular flexibility index (Phi) is 33.7. The number of carboxylic acid groups (broad SMARTS) is 1. The Hall–Kier alpha value is -6.49. The lowest BCUT2D eigenvalue weighted by molar-refractivity contribution is -0.141. The Labute approximate surface area is 417 Å². The van der Waals surface area contributed by atoms with E-state index in [1.165, 1.54) is 45.7 Å². The summed E-state index contributed by atoms with van der Waals surface area (Å²) in [7, 11) is 11.1. The summed E-state index contributed by atoms with van der Waals surface area (Å²) in [4.78, 5) is 62.4. The largest absolute Gasteiger partial charge is 0.508 e. The zero-order chi connectivity index (χ0) is 53.7. The average molecular weight is 1020 g/mol. The van der Waals surface area contributed by atoms with Gasteiger partial charge in [-0.25, -0.2) is 29.4 Å². The molecule has 9 N–H and O–H groups in total. The van der Waals surface area contributed by atoms with Gasteiger partial charge in [-0.1, -0.05) is 42.4 Å². The number of nitrogens with one attached hydrogen (secondary N) is 6. The number of piperidine rings is 1. The van der Waals surface area contributed by atoms with Gasteiger partial charge in [-0.2, -0.15) is 0 Å². The molecule has 2 unspecified atom stereocenters. The average Bonchev–Trinajstić information content (AvgIpc) is 4.26. The summed E-state index contributed by atoms with van der Waals surface area (Å²) in [5.41, 5.74) is 1.25. The summed E-state index contributed by atoms with van der Waals surface area (Å²) in [6.45, 7) is 13.3. The molecule has 3 aliphatic rings. The van der Waals surface area contributed by atoms with Crippen molar-refractivity contribution in [1.82, 2.24) is 66.0 Å². The number of aromatic nitrogens is 8. The highest BCUT2D eigenvalue weighted by Gasteiger charge is 2.25. The minimum absolute atomic E-state index is 0.0509. The van der Waals surface area contributed by atoms with Gasteiger partial charge < -0.3 is 59.0 Å². The predicted octanol–water partition coefficient (Wildman–Crippen LogP) is 0.933. The van der Waals surface area contributed by atoms with E-state index in [9.17, 15) is 24.0 Å². The number of rotatable bonds is 12. The molecule has 3 saturated heterocycles. The first-order chi connectivity index (χ1) is 34.4. The fourth-order valence-electron chi connectivity index (χ4n) is 6.12. The molecule has 27 heteroatoms. The van der Waals surface area contributed by atoms with E-state index in [1.807, 2.05) is 58.9 Å². The summed E-state index contributed by atoms with van der Waals surface area (Å²) in [6.07, 6.45) is 10.7. The number of H-pyrrole nitrogens is 4. The molecule has 8 rings (SSSR count). The highest BCUT2D eigenvalue weighted by molar-refractivity contribution is 5.70. The molecule has 0 saturated carbocycles. The van der Waals surface area contributed by atoms with E-state index < -0.39 is 29.0 Å². The summed E-state index contributed by atoms with van der Waals surface area (Å²) < 4.78 is 26.6. The van der Waals surface area contributed by atoms with Crippen LogP contribution in [0.5, 0.6) is 5.75 Å². The molecule has 0 amide bonds. The second-order valence-electron chi connectivity index (χ2n) is 16.2. The summed E-state index contributed by atoms with van der Waals surface area (Å²) in [5, 5.41) is 50.8. The third-order valence-electron chi connectivity index (χ3n) is 10.0. The van der Waals surface area contributed by atoms with Gasteiger partial charge in [-0.05, 0) is 117 Å². The number of benzene rings is 1. The molecule has 7 heterocycles. The number of ether oxygens (including phenoxy) is 2.